The Kier molecular flexibility index (Phi) is 4.18. The van der Waals surface area contributed by atoms with Gasteiger partial charge in [-0.3, -0.25) is 4.79 Å². The zero-order valence-electron chi connectivity index (χ0n) is 14.3. The van der Waals surface area contributed by atoms with Gasteiger partial charge in [-0.15, -0.1) is 0 Å². The molecule has 5 heteroatoms. The summed E-state index contributed by atoms with van der Waals surface area (Å²) in [6.45, 7) is 0. The molecule has 3 aromatic carbocycles. The molecule has 0 radical (unpaired) electrons. The van der Waals surface area contributed by atoms with Crippen LogP contribution in [0.5, 0.6) is 0 Å². The molecule has 0 aliphatic carbocycles. The Labute approximate surface area is 156 Å². The lowest BCUT2D eigenvalue weighted by atomic mass is 10.00. The van der Waals surface area contributed by atoms with Crippen LogP contribution in [0.25, 0.3) is 11.3 Å². The Balaban J connectivity index is 1.88. The lowest BCUT2D eigenvalue weighted by Crippen LogP contribution is -2.10. The summed E-state index contributed by atoms with van der Waals surface area (Å²) in [5.74, 6) is -1.20. The van der Waals surface area contributed by atoms with Gasteiger partial charge >= 0.3 is 5.97 Å². The lowest BCUT2D eigenvalue weighted by molar-refractivity contribution is -0.110. The molecule has 1 amide bonds. The molecular formula is C22H16N2O3. The number of carbonyl (C=O) groups excluding carboxylic acids is 1. The minimum absolute atomic E-state index is 0.175. The van der Waals surface area contributed by atoms with Gasteiger partial charge in [0, 0.05) is 16.9 Å². The van der Waals surface area contributed by atoms with Crippen molar-refractivity contribution in [3.05, 3.63) is 95.6 Å². The monoisotopic (exact) mass is 356 g/mol. The van der Waals surface area contributed by atoms with Gasteiger partial charge in [0.05, 0.1) is 16.8 Å². The van der Waals surface area contributed by atoms with Gasteiger partial charge in [0.1, 0.15) is 0 Å². The van der Waals surface area contributed by atoms with E-state index in [9.17, 15) is 14.7 Å². The number of nitrogens with one attached hydrogen (secondary N) is 2. The van der Waals surface area contributed by atoms with E-state index in [0.717, 1.165) is 16.8 Å². The molecule has 1 heterocycles. The van der Waals surface area contributed by atoms with E-state index in [1.807, 2.05) is 54.6 Å². The van der Waals surface area contributed by atoms with Crippen molar-refractivity contribution in [3.63, 3.8) is 0 Å². The number of amides is 1. The summed E-state index contributed by atoms with van der Waals surface area (Å²) in [6, 6.07) is 23.5. The second kappa shape index (κ2) is 6.80. The van der Waals surface area contributed by atoms with Crippen LogP contribution in [-0.2, 0) is 4.79 Å². The predicted octanol–water partition coefficient (Wildman–Crippen LogP) is 4.32. The highest BCUT2D eigenvalue weighted by atomic mass is 16.4. The fourth-order valence-corrected chi connectivity index (χ4v) is 3.12. The number of hydrogen-bond donors (Lipinski definition) is 3. The van der Waals surface area contributed by atoms with E-state index < -0.39 is 5.97 Å². The van der Waals surface area contributed by atoms with Crippen LogP contribution in [0.3, 0.4) is 0 Å². The maximum Gasteiger partial charge on any atom is 0.335 e. The third-order valence-electron chi connectivity index (χ3n) is 4.36. The van der Waals surface area contributed by atoms with Crippen molar-refractivity contribution in [2.24, 2.45) is 0 Å². The molecular weight excluding hydrogens is 340 g/mol. The molecule has 0 saturated heterocycles. The summed E-state index contributed by atoms with van der Waals surface area (Å²) >= 11 is 0. The average Bonchev–Trinajstić information content (AvgIpc) is 3.02. The van der Waals surface area contributed by atoms with Gasteiger partial charge in [-0.2, -0.15) is 0 Å². The normalized spacial score (nSPS) is 14.3. The van der Waals surface area contributed by atoms with Crippen LogP contribution in [0.2, 0.25) is 0 Å². The minimum atomic E-state index is -1.00. The molecule has 132 valence electrons. The van der Waals surface area contributed by atoms with Gasteiger partial charge in [0.15, 0.2) is 0 Å². The highest BCUT2D eigenvalue weighted by molar-refractivity contribution is 6.37. The molecule has 0 unspecified atom stereocenters. The number of rotatable bonds is 4. The van der Waals surface area contributed by atoms with E-state index in [1.165, 1.54) is 6.07 Å². The van der Waals surface area contributed by atoms with Gasteiger partial charge in [0.2, 0.25) is 0 Å². The number of carboxylic acids is 1. The van der Waals surface area contributed by atoms with Crippen molar-refractivity contribution in [1.29, 1.82) is 0 Å². The summed E-state index contributed by atoms with van der Waals surface area (Å²) in [5, 5.41) is 15.4. The predicted molar refractivity (Wildman–Crippen MR) is 105 cm³/mol. The average molecular weight is 356 g/mol. The van der Waals surface area contributed by atoms with Crippen LogP contribution in [0.1, 0.15) is 21.5 Å². The van der Waals surface area contributed by atoms with Crippen molar-refractivity contribution in [2.75, 3.05) is 10.6 Å². The molecule has 0 bridgehead atoms. The molecule has 0 atom stereocenters. The van der Waals surface area contributed by atoms with Gasteiger partial charge in [-0.1, -0.05) is 54.6 Å². The number of carbonyl (C=O) groups is 2. The van der Waals surface area contributed by atoms with Crippen molar-refractivity contribution in [2.45, 2.75) is 0 Å². The molecule has 0 saturated carbocycles. The largest absolute Gasteiger partial charge is 0.478 e. The number of hydrogen-bond acceptors (Lipinski definition) is 3. The standard InChI is InChI=1S/C22H16N2O3/c25-21-19(17-11-4-5-12-18(17)24-21)20(14-7-2-1-3-8-14)23-16-10-6-9-15(13-16)22(26)27/h1-13,23H,(H,24,25)(H,26,27)/b20-19-. The third kappa shape index (κ3) is 3.18. The van der Waals surface area contributed by atoms with Gasteiger partial charge < -0.3 is 15.7 Å². The molecule has 0 fully saturated rings. The number of fused-ring (bicyclic) bond motifs is 1. The van der Waals surface area contributed by atoms with Crippen molar-refractivity contribution in [3.8, 4) is 0 Å². The molecule has 3 N–H and O–H groups in total. The topological polar surface area (TPSA) is 78.4 Å². The SMILES string of the molecule is O=C1Nc2ccccc2/C1=C(/Nc1cccc(C(=O)O)c1)c1ccccc1. The van der Waals surface area contributed by atoms with Crippen LogP contribution in [-0.4, -0.2) is 17.0 Å². The number of anilines is 2. The van der Waals surface area contributed by atoms with E-state index in [4.69, 9.17) is 0 Å². The van der Waals surface area contributed by atoms with Crippen LogP contribution >= 0.6 is 0 Å². The molecule has 4 rings (SSSR count). The van der Waals surface area contributed by atoms with Crippen molar-refractivity contribution >= 4 is 34.5 Å². The first-order valence-corrected chi connectivity index (χ1v) is 8.44. The number of aromatic carboxylic acids is 1. The zero-order valence-corrected chi connectivity index (χ0v) is 14.3. The van der Waals surface area contributed by atoms with E-state index in [0.29, 0.717) is 17.0 Å². The van der Waals surface area contributed by atoms with Crippen LogP contribution in [0, 0.1) is 0 Å². The Morgan fingerprint density at radius 1 is 0.852 bits per heavy atom. The van der Waals surface area contributed by atoms with Crippen molar-refractivity contribution < 1.29 is 14.7 Å². The molecule has 0 spiro atoms. The zero-order chi connectivity index (χ0) is 18.8. The van der Waals surface area contributed by atoms with Crippen molar-refractivity contribution in [1.82, 2.24) is 0 Å². The van der Waals surface area contributed by atoms with Gasteiger partial charge in [-0.25, -0.2) is 4.79 Å². The first-order chi connectivity index (χ1) is 13.1. The number of benzene rings is 3. The van der Waals surface area contributed by atoms with E-state index in [-0.39, 0.29) is 11.5 Å². The first-order valence-electron chi connectivity index (χ1n) is 8.44. The summed E-state index contributed by atoms with van der Waals surface area (Å²) in [5.41, 5.74) is 4.32. The fourth-order valence-electron chi connectivity index (χ4n) is 3.12. The minimum Gasteiger partial charge on any atom is -0.478 e. The van der Waals surface area contributed by atoms with E-state index >= 15 is 0 Å². The van der Waals surface area contributed by atoms with E-state index in [1.54, 1.807) is 18.2 Å². The van der Waals surface area contributed by atoms with Crippen LogP contribution < -0.4 is 10.6 Å². The smallest absolute Gasteiger partial charge is 0.335 e. The highest BCUT2D eigenvalue weighted by Gasteiger charge is 2.28. The van der Waals surface area contributed by atoms with Gasteiger partial charge in [0.25, 0.3) is 5.91 Å². The first kappa shape index (κ1) is 16.6. The summed E-state index contributed by atoms with van der Waals surface area (Å²) < 4.78 is 0. The van der Waals surface area contributed by atoms with E-state index in [2.05, 4.69) is 10.6 Å². The Bertz CT molecular complexity index is 1070. The van der Waals surface area contributed by atoms with Crippen LogP contribution in [0.15, 0.2) is 78.9 Å². The Hall–Kier alpha value is -3.86. The maximum atomic E-state index is 12.7. The number of carboxylic acid groups (broad SMARTS) is 1. The van der Waals surface area contributed by atoms with Crippen LogP contribution in [0.4, 0.5) is 11.4 Å². The quantitative estimate of drug-likeness (QED) is 0.609. The summed E-state index contributed by atoms with van der Waals surface area (Å²) in [7, 11) is 0. The molecule has 1 aliphatic rings. The Morgan fingerprint density at radius 3 is 2.33 bits per heavy atom. The third-order valence-corrected chi connectivity index (χ3v) is 4.36. The van der Waals surface area contributed by atoms with Gasteiger partial charge in [-0.05, 0) is 29.8 Å². The maximum absolute atomic E-state index is 12.7. The molecule has 3 aromatic rings. The molecule has 5 nitrogen and oxygen atoms in total. The lowest BCUT2D eigenvalue weighted by Gasteiger charge is -2.15. The summed E-state index contributed by atoms with van der Waals surface area (Å²) in [6.07, 6.45) is 0. The number of para-hydroxylation sites is 1. The Morgan fingerprint density at radius 2 is 1.56 bits per heavy atom. The summed E-state index contributed by atoms with van der Waals surface area (Å²) in [4.78, 5) is 24.0. The molecule has 1 aliphatic heterocycles. The molecule has 27 heavy (non-hydrogen) atoms. The molecule has 0 aromatic heterocycles. The fraction of sp³-hybridized carbons (Fsp3) is 0. The second-order valence-corrected chi connectivity index (χ2v) is 6.13. The second-order valence-electron chi connectivity index (χ2n) is 6.13. The highest BCUT2D eigenvalue weighted by Crippen LogP contribution is 2.37.